The number of hydrogen-bond donors (Lipinski definition) is 1. The van der Waals surface area contributed by atoms with Crippen LogP contribution in [0.5, 0.6) is 0 Å². The molecule has 0 aliphatic heterocycles. The van der Waals surface area contributed by atoms with Crippen LogP contribution in [-0.4, -0.2) is 9.97 Å². The summed E-state index contributed by atoms with van der Waals surface area (Å²) < 4.78 is 0. The molecule has 3 nitrogen and oxygen atoms in total. The second-order valence-electron chi connectivity index (χ2n) is 3.14. The quantitative estimate of drug-likeness (QED) is 0.763. The Labute approximate surface area is 89.8 Å². The molecule has 2 heterocycles. The number of halogens is 1. The Morgan fingerprint density at radius 1 is 1.64 bits per heavy atom. The molecular weight excluding hydrogens is 220 g/mol. The van der Waals surface area contributed by atoms with Crippen LogP contribution in [-0.2, 0) is 0 Å². The van der Waals surface area contributed by atoms with Crippen LogP contribution in [0.4, 0.5) is 0 Å². The molecular formula is C9H9ClN2OS. The average Bonchev–Trinajstić information content (AvgIpc) is 2.45. The fraction of sp³-hybridized carbons (Fsp3) is 0.333. The van der Waals surface area contributed by atoms with Crippen molar-refractivity contribution < 1.29 is 0 Å². The van der Waals surface area contributed by atoms with E-state index in [1.807, 2.05) is 13.0 Å². The Morgan fingerprint density at radius 3 is 3.00 bits per heavy atom. The molecule has 0 amide bonds. The van der Waals surface area contributed by atoms with Crippen LogP contribution in [0.25, 0.3) is 10.2 Å². The molecule has 1 unspecified atom stereocenters. The van der Waals surface area contributed by atoms with Crippen LogP contribution in [0.15, 0.2) is 10.9 Å². The van der Waals surface area contributed by atoms with E-state index in [9.17, 15) is 4.79 Å². The fourth-order valence-electron chi connectivity index (χ4n) is 1.26. The highest BCUT2D eigenvalue weighted by atomic mass is 35.5. The molecule has 0 radical (unpaired) electrons. The number of H-pyrrole nitrogens is 1. The lowest BCUT2D eigenvalue weighted by Crippen LogP contribution is -2.10. The summed E-state index contributed by atoms with van der Waals surface area (Å²) in [6, 6.07) is 1.84. The Kier molecular flexibility index (Phi) is 2.33. The van der Waals surface area contributed by atoms with Crippen molar-refractivity contribution in [1.29, 1.82) is 0 Å². The van der Waals surface area contributed by atoms with Gasteiger partial charge in [0.2, 0.25) is 0 Å². The number of rotatable bonds is 1. The van der Waals surface area contributed by atoms with E-state index in [1.54, 1.807) is 6.92 Å². The maximum absolute atomic E-state index is 11.6. The summed E-state index contributed by atoms with van der Waals surface area (Å²) in [5.41, 5.74) is -0.109. The molecule has 0 bridgehead atoms. The van der Waals surface area contributed by atoms with Gasteiger partial charge in [-0.05, 0) is 19.9 Å². The van der Waals surface area contributed by atoms with Crippen molar-refractivity contribution in [2.45, 2.75) is 19.2 Å². The van der Waals surface area contributed by atoms with Crippen molar-refractivity contribution in [3.8, 4) is 0 Å². The lowest BCUT2D eigenvalue weighted by atomic mass is 10.3. The number of nitrogens with zero attached hydrogens (tertiary/aromatic N) is 1. The summed E-state index contributed by atoms with van der Waals surface area (Å²) in [6.45, 7) is 3.74. The van der Waals surface area contributed by atoms with Gasteiger partial charge in [0.25, 0.3) is 5.56 Å². The van der Waals surface area contributed by atoms with E-state index in [0.29, 0.717) is 11.2 Å². The molecule has 14 heavy (non-hydrogen) atoms. The van der Waals surface area contributed by atoms with Gasteiger partial charge in [-0.3, -0.25) is 4.79 Å². The Morgan fingerprint density at radius 2 is 2.36 bits per heavy atom. The number of hydrogen-bond acceptors (Lipinski definition) is 3. The van der Waals surface area contributed by atoms with Crippen LogP contribution >= 0.6 is 22.9 Å². The molecule has 2 rings (SSSR count). The van der Waals surface area contributed by atoms with E-state index in [2.05, 4.69) is 9.97 Å². The minimum absolute atomic E-state index is 0.109. The van der Waals surface area contributed by atoms with E-state index in [-0.39, 0.29) is 10.9 Å². The van der Waals surface area contributed by atoms with Gasteiger partial charge in [0.1, 0.15) is 10.7 Å². The van der Waals surface area contributed by atoms with Gasteiger partial charge < -0.3 is 4.98 Å². The third kappa shape index (κ3) is 1.55. The molecule has 0 aliphatic carbocycles. The van der Waals surface area contributed by atoms with Crippen LogP contribution in [0.2, 0.25) is 0 Å². The molecule has 0 saturated heterocycles. The van der Waals surface area contributed by atoms with Gasteiger partial charge >= 0.3 is 0 Å². The van der Waals surface area contributed by atoms with Gasteiger partial charge in [-0.1, -0.05) is 0 Å². The van der Waals surface area contributed by atoms with Crippen molar-refractivity contribution in [2.24, 2.45) is 0 Å². The van der Waals surface area contributed by atoms with E-state index in [0.717, 1.165) is 9.71 Å². The standard InChI is InChI=1S/C9H9ClN2OS/c1-4-3-6-8(13)11-7(5(2)10)12-9(6)14-4/h3,5H,1-2H3,(H,11,12,13). The van der Waals surface area contributed by atoms with Crippen LogP contribution in [0.1, 0.15) is 23.0 Å². The number of fused-ring (bicyclic) bond motifs is 1. The highest BCUT2D eigenvalue weighted by molar-refractivity contribution is 7.18. The number of alkyl halides is 1. The third-order valence-electron chi connectivity index (χ3n) is 1.92. The Hall–Kier alpha value is -0.870. The molecule has 2 aromatic heterocycles. The maximum atomic E-state index is 11.6. The first-order valence-electron chi connectivity index (χ1n) is 4.22. The van der Waals surface area contributed by atoms with Gasteiger partial charge in [0.05, 0.1) is 10.8 Å². The second-order valence-corrected chi connectivity index (χ2v) is 5.03. The molecule has 1 N–H and O–H groups in total. The molecule has 0 fully saturated rings. The van der Waals surface area contributed by atoms with Gasteiger partial charge in [0.15, 0.2) is 0 Å². The summed E-state index contributed by atoms with van der Waals surface area (Å²) in [6.07, 6.45) is 0. The minimum atomic E-state index is -0.269. The lowest BCUT2D eigenvalue weighted by Gasteiger charge is -2.00. The molecule has 0 aromatic carbocycles. The molecule has 5 heteroatoms. The summed E-state index contributed by atoms with van der Waals surface area (Å²) in [5.74, 6) is 0.533. The Balaban J connectivity index is 2.78. The normalized spacial score (nSPS) is 13.4. The van der Waals surface area contributed by atoms with E-state index in [4.69, 9.17) is 11.6 Å². The molecule has 2 aromatic rings. The van der Waals surface area contributed by atoms with Crippen molar-refractivity contribution in [2.75, 3.05) is 0 Å². The van der Waals surface area contributed by atoms with E-state index < -0.39 is 0 Å². The average molecular weight is 229 g/mol. The van der Waals surface area contributed by atoms with Crippen molar-refractivity contribution >= 4 is 33.2 Å². The third-order valence-corrected chi connectivity index (χ3v) is 3.07. The fourth-order valence-corrected chi connectivity index (χ4v) is 2.25. The molecule has 1 atom stereocenters. The predicted octanol–water partition coefficient (Wildman–Crippen LogP) is 2.59. The van der Waals surface area contributed by atoms with Crippen LogP contribution in [0.3, 0.4) is 0 Å². The Bertz CT molecular complexity index is 529. The summed E-state index contributed by atoms with van der Waals surface area (Å²) >= 11 is 7.36. The highest BCUT2D eigenvalue weighted by Crippen LogP contribution is 2.22. The second kappa shape index (κ2) is 3.37. The zero-order valence-electron chi connectivity index (χ0n) is 7.80. The van der Waals surface area contributed by atoms with Gasteiger partial charge in [-0.2, -0.15) is 0 Å². The lowest BCUT2D eigenvalue weighted by molar-refractivity contribution is 0.917. The number of thiophene rings is 1. The summed E-state index contributed by atoms with van der Waals surface area (Å²) in [7, 11) is 0. The molecule has 74 valence electrons. The maximum Gasteiger partial charge on any atom is 0.259 e. The van der Waals surface area contributed by atoms with Gasteiger partial charge in [0, 0.05) is 4.88 Å². The smallest absolute Gasteiger partial charge is 0.259 e. The van der Waals surface area contributed by atoms with Crippen molar-refractivity contribution in [3.63, 3.8) is 0 Å². The van der Waals surface area contributed by atoms with Crippen LogP contribution < -0.4 is 5.56 Å². The SMILES string of the molecule is Cc1cc2c(=O)[nH]c(C(C)Cl)nc2s1. The number of aromatic amines is 1. The summed E-state index contributed by atoms with van der Waals surface area (Å²) in [4.78, 5) is 20.4. The molecule has 0 spiro atoms. The molecule has 0 aliphatic rings. The predicted molar refractivity (Wildman–Crippen MR) is 59.2 cm³/mol. The minimum Gasteiger partial charge on any atom is -0.309 e. The van der Waals surface area contributed by atoms with E-state index >= 15 is 0 Å². The zero-order chi connectivity index (χ0) is 10.3. The topological polar surface area (TPSA) is 45.8 Å². The highest BCUT2D eigenvalue weighted by Gasteiger charge is 2.09. The number of aryl methyl sites for hydroxylation is 1. The largest absolute Gasteiger partial charge is 0.309 e. The zero-order valence-corrected chi connectivity index (χ0v) is 9.37. The van der Waals surface area contributed by atoms with Gasteiger partial charge in [-0.25, -0.2) is 4.98 Å². The van der Waals surface area contributed by atoms with Crippen molar-refractivity contribution in [1.82, 2.24) is 9.97 Å². The van der Waals surface area contributed by atoms with Crippen LogP contribution in [0, 0.1) is 6.92 Å². The monoisotopic (exact) mass is 228 g/mol. The van der Waals surface area contributed by atoms with Crippen molar-refractivity contribution in [3.05, 3.63) is 27.1 Å². The molecule has 0 saturated carbocycles. The van der Waals surface area contributed by atoms with E-state index in [1.165, 1.54) is 11.3 Å². The number of aromatic nitrogens is 2. The first-order chi connectivity index (χ1) is 6.58. The number of nitrogens with one attached hydrogen (secondary N) is 1. The first kappa shape index (κ1) is 9.68. The summed E-state index contributed by atoms with van der Waals surface area (Å²) in [5, 5.41) is 0.378. The van der Waals surface area contributed by atoms with Gasteiger partial charge in [-0.15, -0.1) is 22.9 Å². The first-order valence-corrected chi connectivity index (χ1v) is 5.47.